The molecule has 36 heavy (non-hydrogen) atoms. The van der Waals surface area contributed by atoms with Crippen molar-refractivity contribution in [1.82, 2.24) is 30.0 Å². The number of nitrogens with one attached hydrogen (secondary N) is 3. The van der Waals surface area contributed by atoms with Crippen molar-refractivity contribution in [3.05, 3.63) is 83.5 Å². The molecule has 8 heteroatoms. The molecule has 2 heterocycles. The van der Waals surface area contributed by atoms with Gasteiger partial charge in [0.2, 0.25) is 5.95 Å². The summed E-state index contributed by atoms with van der Waals surface area (Å²) in [5.74, 6) is 0.649. The topological polar surface area (TPSA) is 94.8 Å². The predicted octanol–water partition coefficient (Wildman–Crippen LogP) is 3.77. The number of nitrogens with zero attached hydrogens (tertiary/aromatic N) is 5. The standard InChI is InChI=1S/C28H32N8/c1-35(2)15-14-30-13-12-25(29)32-28-31-18-22-10-11-23-26(27(22)33-28)24(36(3)34-23)17-19-8-9-20-6-4-5-7-21(20)16-19/h4-9,12-13,16,18,30H,10-11,14-15,17H2,1-3H3,(H2,29,31,32,33)/b13-12-. The Morgan fingerprint density at radius 1 is 1.14 bits per heavy atom. The molecule has 1 aliphatic carbocycles. The fourth-order valence-corrected chi connectivity index (χ4v) is 4.61. The summed E-state index contributed by atoms with van der Waals surface area (Å²) in [6, 6.07) is 15.1. The lowest BCUT2D eigenvalue weighted by atomic mass is 9.91. The van der Waals surface area contributed by atoms with Gasteiger partial charge in [-0.3, -0.25) is 10.1 Å². The average Bonchev–Trinajstić information content (AvgIpc) is 3.18. The summed E-state index contributed by atoms with van der Waals surface area (Å²) in [4.78, 5) is 11.4. The Labute approximate surface area is 211 Å². The minimum absolute atomic E-state index is 0.228. The maximum Gasteiger partial charge on any atom is 0.228 e. The minimum atomic E-state index is 0.228. The van der Waals surface area contributed by atoms with Gasteiger partial charge in [0.25, 0.3) is 0 Å². The van der Waals surface area contributed by atoms with Crippen LogP contribution < -0.4 is 10.6 Å². The summed E-state index contributed by atoms with van der Waals surface area (Å²) in [6.45, 7) is 1.74. The maximum atomic E-state index is 8.25. The second kappa shape index (κ2) is 10.3. The first-order chi connectivity index (χ1) is 17.5. The van der Waals surface area contributed by atoms with Crippen LogP contribution in [-0.4, -0.2) is 57.7 Å². The molecule has 8 nitrogen and oxygen atoms in total. The molecule has 1 aliphatic rings. The zero-order valence-corrected chi connectivity index (χ0v) is 21.0. The van der Waals surface area contributed by atoms with Gasteiger partial charge in [-0.2, -0.15) is 5.10 Å². The number of amidine groups is 1. The highest BCUT2D eigenvalue weighted by molar-refractivity contribution is 6.00. The summed E-state index contributed by atoms with van der Waals surface area (Å²) in [7, 11) is 6.07. The van der Waals surface area contributed by atoms with Crippen LogP contribution in [0.5, 0.6) is 0 Å². The summed E-state index contributed by atoms with van der Waals surface area (Å²) >= 11 is 0. The van der Waals surface area contributed by atoms with Gasteiger partial charge in [-0.15, -0.1) is 0 Å². The Balaban J connectivity index is 1.38. The van der Waals surface area contributed by atoms with Crippen molar-refractivity contribution in [2.75, 3.05) is 32.5 Å². The lowest BCUT2D eigenvalue weighted by Gasteiger charge is -2.17. The Bertz CT molecular complexity index is 1430. The Hall–Kier alpha value is -4.04. The van der Waals surface area contributed by atoms with Gasteiger partial charge in [0.05, 0.1) is 17.1 Å². The highest BCUT2D eigenvalue weighted by Gasteiger charge is 2.26. The molecule has 0 unspecified atom stereocenters. The molecule has 3 N–H and O–H groups in total. The number of hydrogen-bond donors (Lipinski definition) is 3. The minimum Gasteiger partial charge on any atom is -0.389 e. The van der Waals surface area contributed by atoms with Crippen LogP contribution in [0.15, 0.2) is 60.9 Å². The summed E-state index contributed by atoms with van der Waals surface area (Å²) < 4.78 is 1.99. The number of aromatic nitrogens is 4. The fourth-order valence-electron chi connectivity index (χ4n) is 4.61. The Morgan fingerprint density at radius 3 is 2.81 bits per heavy atom. The van der Waals surface area contributed by atoms with E-state index in [9.17, 15) is 0 Å². The molecule has 0 aliphatic heterocycles. The highest BCUT2D eigenvalue weighted by Crippen LogP contribution is 2.35. The SMILES string of the molecule is CN(C)CCN/C=C\C(=N)Nc1ncc2c(n1)-c1c(nn(C)c1Cc1ccc3ccccc3c1)CC2. The molecular formula is C28H32N8. The van der Waals surface area contributed by atoms with E-state index >= 15 is 0 Å². The molecule has 0 atom stereocenters. The Kier molecular flexibility index (Phi) is 6.77. The third-order valence-electron chi connectivity index (χ3n) is 6.47. The Morgan fingerprint density at radius 2 is 1.97 bits per heavy atom. The lowest BCUT2D eigenvalue weighted by Crippen LogP contribution is -2.23. The summed E-state index contributed by atoms with van der Waals surface area (Å²) in [5, 5.41) is 21.8. The average molecular weight is 481 g/mol. The second-order valence-electron chi connectivity index (χ2n) is 9.45. The molecular weight excluding hydrogens is 448 g/mol. The molecule has 184 valence electrons. The van der Waals surface area contributed by atoms with Crippen molar-refractivity contribution in [2.45, 2.75) is 19.3 Å². The first-order valence-electron chi connectivity index (χ1n) is 12.3. The number of fused-ring (bicyclic) bond motifs is 4. The van der Waals surface area contributed by atoms with Crippen molar-refractivity contribution in [3.8, 4) is 11.3 Å². The number of hydrogen-bond acceptors (Lipinski definition) is 6. The van der Waals surface area contributed by atoms with Crippen LogP contribution in [0.4, 0.5) is 5.95 Å². The monoisotopic (exact) mass is 480 g/mol. The molecule has 0 radical (unpaired) electrons. The van der Waals surface area contributed by atoms with Crippen molar-refractivity contribution < 1.29 is 0 Å². The molecule has 5 rings (SSSR count). The molecule has 0 amide bonds. The van der Waals surface area contributed by atoms with Crippen molar-refractivity contribution in [1.29, 1.82) is 5.41 Å². The van der Waals surface area contributed by atoms with Crippen LogP contribution in [-0.2, 0) is 26.3 Å². The fraction of sp³-hybridized carbons (Fsp3) is 0.286. The number of benzene rings is 2. The normalized spacial score (nSPS) is 12.7. The molecule has 0 saturated heterocycles. The smallest absolute Gasteiger partial charge is 0.228 e. The third kappa shape index (κ3) is 5.13. The van der Waals surface area contributed by atoms with E-state index in [1.54, 1.807) is 12.3 Å². The van der Waals surface area contributed by atoms with E-state index in [0.29, 0.717) is 5.95 Å². The van der Waals surface area contributed by atoms with Crippen molar-refractivity contribution >= 4 is 22.6 Å². The van der Waals surface area contributed by atoms with E-state index in [1.165, 1.54) is 16.3 Å². The van der Waals surface area contributed by atoms with E-state index in [1.807, 2.05) is 32.0 Å². The van der Waals surface area contributed by atoms with Gasteiger partial charge in [-0.1, -0.05) is 42.5 Å². The zero-order valence-electron chi connectivity index (χ0n) is 21.0. The van der Waals surface area contributed by atoms with Gasteiger partial charge in [-0.25, -0.2) is 9.97 Å². The predicted molar refractivity (Wildman–Crippen MR) is 145 cm³/mol. The lowest BCUT2D eigenvalue weighted by molar-refractivity contribution is 0.410. The molecule has 0 saturated carbocycles. The van der Waals surface area contributed by atoms with Crippen LogP contribution in [0.1, 0.15) is 22.5 Å². The number of likely N-dealkylation sites (N-methyl/N-ethyl adjacent to an activating group) is 1. The van der Waals surface area contributed by atoms with E-state index < -0.39 is 0 Å². The van der Waals surface area contributed by atoms with Crippen LogP contribution in [0.2, 0.25) is 0 Å². The number of anilines is 1. The van der Waals surface area contributed by atoms with Crippen molar-refractivity contribution in [2.24, 2.45) is 7.05 Å². The highest BCUT2D eigenvalue weighted by atomic mass is 15.3. The third-order valence-corrected chi connectivity index (χ3v) is 6.47. The van der Waals surface area contributed by atoms with Crippen molar-refractivity contribution in [3.63, 3.8) is 0 Å². The van der Waals surface area contributed by atoms with Crippen LogP contribution in [0.3, 0.4) is 0 Å². The van der Waals surface area contributed by atoms with Crippen LogP contribution in [0.25, 0.3) is 22.0 Å². The summed E-state index contributed by atoms with van der Waals surface area (Å²) in [5.41, 5.74) is 6.60. The van der Waals surface area contributed by atoms with Gasteiger partial charge in [0.1, 0.15) is 5.84 Å². The number of rotatable bonds is 8. The summed E-state index contributed by atoms with van der Waals surface area (Å²) in [6.07, 6.45) is 7.85. The van der Waals surface area contributed by atoms with Gasteiger partial charge in [-0.05, 0) is 54.9 Å². The van der Waals surface area contributed by atoms with Gasteiger partial charge in [0, 0.05) is 44.5 Å². The first kappa shape index (κ1) is 23.7. The maximum absolute atomic E-state index is 8.25. The van der Waals surface area contributed by atoms with Gasteiger partial charge < -0.3 is 15.5 Å². The van der Waals surface area contributed by atoms with E-state index in [2.05, 4.69) is 63.0 Å². The van der Waals surface area contributed by atoms with E-state index in [4.69, 9.17) is 15.5 Å². The molecule has 4 aromatic rings. The molecule has 2 aromatic heterocycles. The molecule has 0 fully saturated rings. The second-order valence-corrected chi connectivity index (χ2v) is 9.45. The first-order valence-corrected chi connectivity index (χ1v) is 12.3. The zero-order chi connectivity index (χ0) is 25.1. The quantitative estimate of drug-likeness (QED) is 0.202. The number of aryl methyl sites for hydroxylation is 3. The van der Waals surface area contributed by atoms with E-state index in [-0.39, 0.29) is 5.84 Å². The molecule has 0 spiro atoms. The van der Waals surface area contributed by atoms with Gasteiger partial charge in [0.15, 0.2) is 0 Å². The van der Waals surface area contributed by atoms with Crippen LogP contribution >= 0.6 is 0 Å². The largest absolute Gasteiger partial charge is 0.389 e. The van der Waals surface area contributed by atoms with Crippen LogP contribution in [0, 0.1) is 5.41 Å². The molecule has 0 bridgehead atoms. The van der Waals surface area contributed by atoms with E-state index in [0.717, 1.165) is 60.6 Å². The van der Waals surface area contributed by atoms with Gasteiger partial charge >= 0.3 is 0 Å². The molecule has 2 aromatic carbocycles.